The molecule has 4 heterocycles. The number of likely N-dealkylation sites (tertiary alicyclic amines) is 1. The fourth-order valence-corrected chi connectivity index (χ4v) is 5.30. The van der Waals surface area contributed by atoms with Crippen LogP contribution in [0, 0.1) is 0 Å². The number of halogens is 3. The minimum Gasteiger partial charge on any atom is -0.481 e. The van der Waals surface area contributed by atoms with Gasteiger partial charge in [-0.15, -0.1) is 0 Å². The topological polar surface area (TPSA) is 79.4 Å². The maximum absolute atomic E-state index is 13.4. The first kappa shape index (κ1) is 27.1. The Morgan fingerprint density at radius 1 is 1.08 bits per heavy atom. The van der Waals surface area contributed by atoms with E-state index in [2.05, 4.69) is 31.6 Å². The number of carbonyl (C=O) groups excluding carboxylic acids is 1. The van der Waals surface area contributed by atoms with Gasteiger partial charge in [0.2, 0.25) is 0 Å². The molecule has 0 bridgehead atoms. The molecule has 0 atom stereocenters. The Morgan fingerprint density at radius 3 is 2.54 bits per heavy atom. The number of benzene rings is 1. The molecule has 1 aromatic carbocycles. The molecule has 10 heteroatoms. The quantitative estimate of drug-likeness (QED) is 0.459. The van der Waals surface area contributed by atoms with Crippen LogP contribution < -0.4 is 15.4 Å². The molecular formula is C29H32F3N5O2. The number of nitrogens with zero attached hydrogens (tertiary/aromatic N) is 3. The number of alkyl halides is 3. The first-order valence-corrected chi connectivity index (χ1v) is 13.3. The van der Waals surface area contributed by atoms with Crippen LogP contribution in [0.25, 0.3) is 0 Å². The van der Waals surface area contributed by atoms with E-state index < -0.39 is 17.3 Å². The number of piperidine rings is 2. The van der Waals surface area contributed by atoms with Crippen LogP contribution in [-0.4, -0.2) is 53.0 Å². The predicted molar refractivity (Wildman–Crippen MR) is 140 cm³/mol. The Bertz CT molecular complexity index is 1240. The van der Waals surface area contributed by atoms with E-state index in [1.165, 1.54) is 23.9 Å². The monoisotopic (exact) mass is 539 g/mol. The van der Waals surface area contributed by atoms with Gasteiger partial charge in [0.1, 0.15) is 17.0 Å². The van der Waals surface area contributed by atoms with Crippen molar-refractivity contribution in [1.29, 1.82) is 0 Å². The van der Waals surface area contributed by atoms with Crippen molar-refractivity contribution in [2.45, 2.75) is 50.0 Å². The molecule has 0 spiro atoms. The third-order valence-electron chi connectivity index (χ3n) is 7.46. The maximum Gasteiger partial charge on any atom is 0.416 e. The normalized spacial score (nSPS) is 18.4. The van der Waals surface area contributed by atoms with Crippen LogP contribution in [0.5, 0.6) is 5.75 Å². The summed E-state index contributed by atoms with van der Waals surface area (Å²) in [7, 11) is 0. The summed E-state index contributed by atoms with van der Waals surface area (Å²) in [5.74, 6) is 0.163. The average molecular weight is 540 g/mol. The number of aromatic nitrogens is 2. The van der Waals surface area contributed by atoms with Gasteiger partial charge in [0.05, 0.1) is 11.8 Å². The lowest BCUT2D eigenvalue weighted by atomic mass is 9.84. The van der Waals surface area contributed by atoms with E-state index in [0.29, 0.717) is 37.2 Å². The summed E-state index contributed by atoms with van der Waals surface area (Å²) in [5, 5.41) is 6.32. The number of hydrogen-bond donors (Lipinski definition) is 2. The SMILES string of the molecule is O=C(NC1CCN(Cc2cccnc2)CC1)c1ccc(OC2(c3cccc(C(F)(F)F)c3)CCNCC2)cn1. The highest BCUT2D eigenvalue weighted by atomic mass is 19.4. The van der Waals surface area contributed by atoms with Crippen LogP contribution in [0.15, 0.2) is 67.1 Å². The van der Waals surface area contributed by atoms with E-state index in [1.807, 2.05) is 12.3 Å². The summed E-state index contributed by atoms with van der Waals surface area (Å²) in [6, 6.07) is 12.7. The highest BCUT2D eigenvalue weighted by Crippen LogP contribution is 2.39. The maximum atomic E-state index is 13.4. The Morgan fingerprint density at radius 2 is 1.87 bits per heavy atom. The zero-order chi connectivity index (χ0) is 27.3. The van der Waals surface area contributed by atoms with E-state index >= 15 is 0 Å². The molecule has 3 aromatic rings. The second-order valence-electron chi connectivity index (χ2n) is 10.2. The molecule has 1 amide bonds. The molecule has 2 aromatic heterocycles. The molecule has 7 nitrogen and oxygen atoms in total. The third kappa shape index (κ3) is 6.75. The van der Waals surface area contributed by atoms with Gasteiger partial charge in [-0.25, -0.2) is 4.98 Å². The van der Waals surface area contributed by atoms with E-state index in [-0.39, 0.29) is 17.6 Å². The zero-order valence-corrected chi connectivity index (χ0v) is 21.6. The molecule has 0 radical (unpaired) electrons. The first-order chi connectivity index (χ1) is 18.8. The molecule has 5 rings (SSSR count). The third-order valence-corrected chi connectivity index (χ3v) is 7.46. The Kier molecular flexibility index (Phi) is 8.13. The van der Waals surface area contributed by atoms with Crippen molar-refractivity contribution in [3.8, 4) is 5.75 Å². The smallest absolute Gasteiger partial charge is 0.416 e. The lowest BCUT2D eigenvalue weighted by Crippen LogP contribution is -2.44. The molecule has 39 heavy (non-hydrogen) atoms. The van der Waals surface area contributed by atoms with Gasteiger partial charge in [-0.1, -0.05) is 18.2 Å². The van der Waals surface area contributed by atoms with Gasteiger partial charge in [-0.05, 0) is 67.4 Å². The molecule has 2 aliphatic heterocycles. The van der Waals surface area contributed by atoms with Crippen molar-refractivity contribution >= 4 is 5.91 Å². The minimum atomic E-state index is -4.43. The summed E-state index contributed by atoms with van der Waals surface area (Å²) in [6.07, 6.45) is 3.40. The number of hydrogen-bond acceptors (Lipinski definition) is 6. The van der Waals surface area contributed by atoms with E-state index in [0.717, 1.165) is 38.5 Å². The van der Waals surface area contributed by atoms with Gasteiger partial charge in [-0.2, -0.15) is 13.2 Å². The number of nitrogens with one attached hydrogen (secondary N) is 2. The van der Waals surface area contributed by atoms with Gasteiger partial charge in [0, 0.05) is 50.9 Å². The van der Waals surface area contributed by atoms with Crippen LogP contribution in [-0.2, 0) is 18.3 Å². The largest absolute Gasteiger partial charge is 0.481 e. The average Bonchev–Trinajstić information content (AvgIpc) is 2.95. The van der Waals surface area contributed by atoms with E-state index in [9.17, 15) is 18.0 Å². The Labute approximate surface area is 225 Å². The van der Waals surface area contributed by atoms with Gasteiger partial charge >= 0.3 is 6.18 Å². The standard InChI is InChI=1S/C29H32F3N5O2/c30-29(31,32)23-5-1-4-22(17-23)28(10-13-33-14-11-28)39-25-6-7-26(35-19-25)27(38)36-24-8-15-37(16-9-24)20-21-3-2-12-34-18-21/h1-7,12,17-19,24,33H,8-11,13-16,20H2,(H,36,38). The van der Waals surface area contributed by atoms with Crippen molar-refractivity contribution < 1.29 is 22.7 Å². The van der Waals surface area contributed by atoms with Crippen LogP contribution in [0.3, 0.4) is 0 Å². The zero-order valence-electron chi connectivity index (χ0n) is 21.6. The van der Waals surface area contributed by atoms with Crippen LogP contribution in [0.2, 0.25) is 0 Å². The summed E-state index contributed by atoms with van der Waals surface area (Å²) in [6.45, 7) is 3.84. The molecule has 206 valence electrons. The summed E-state index contributed by atoms with van der Waals surface area (Å²) in [5.41, 5.74) is 0.316. The Balaban J connectivity index is 1.20. The number of pyridine rings is 2. The second-order valence-corrected chi connectivity index (χ2v) is 10.2. The molecule has 2 fully saturated rings. The first-order valence-electron chi connectivity index (χ1n) is 13.3. The second kappa shape index (κ2) is 11.7. The van der Waals surface area contributed by atoms with Crippen molar-refractivity contribution in [2.75, 3.05) is 26.2 Å². The van der Waals surface area contributed by atoms with Gasteiger partial charge in [-0.3, -0.25) is 14.7 Å². The summed E-state index contributed by atoms with van der Waals surface area (Å²) in [4.78, 5) is 23.7. The van der Waals surface area contributed by atoms with Crippen molar-refractivity contribution in [2.24, 2.45) is 0 Å². The highest BCUT2D eigenvalue weighted by molar-refractivity contribution is 5.92. The van der Waals surface area contributed by atoms with Gasteiger partial charge in [0.15, 0.2) is 0 Å². The van der Waals surface area contributed by atoms with Crippen molar-refractivity contribution in [1.82, 2.24) is 25.5 Å². The Hall–Kier alpha value is -3.50. The summed E-state index contributed by atoms with van der Waals surface area (Å²) >= 11 is 0. The molecular weight excluding hydrogens is 507 g/mol. The molecule has 0 aliphatic carbocycles. The van der Waals surface area contributed by atoms with Crippen LogP contribution in [0.4, 0.5) is 13.2 Å². The summed E-state index contributed by atoms with van der Waals surface area (Å²) < 4.78 is 46.5. The van der Waals surface area contributed by atoms with E-state index in [1.54, 1.807) is 24.4 Å². The van der Waals surface area contributed by atoms with Gasteiger partial charge < -0.3 is 15.4 Å². The molecule has 0 unspecified atom stereocenters. The molecule has 2 aliphatic rings. The minimum absolute atomic E-state index is 0.0688. The number of ether oxygens (including phenoxy) is 1. The number of rotatable bonds is 7. The van der Waals surface area contributed by atoms with Crippen molar-refractivity contribution in [3.05, 3.63) is 89.5 Å². The van der Waals surface area contributed by atoms with Crippen molar-refractivity contribution in [3.63, 3.8) is 0 Å². The number of carbonyl (C=O) groups is 1. The lowest BCUT2D eigenvalue weighted by Gasteiger charge is -2.38. The number of amides is 1. The molecule has 2 saturated heterocycles. The van der Waals surface area contributed by atoms with E-state index in [4.69, 9.17) is 4.74 Å². The lowest BCUT2D eigenvalue weighted by molar-refractivity contribution is -0.137. The van der Waals surface area contributed by atoms with Crippen LogP contribution in [0.1, 0.15) is 52.9 Å². The highest BCUT2D eigenvalue weighted by Gasteiger charge is 2.39. The molecule has 2 N–H and O–H groups in total. The van der Waals surface area contributed by atoms with Crippen LogP contribution >= 0.6 is 0 Å². The predicted octanol–water partition coefficient (Wildman–Crippen LogP) is 4.55. The fraction of sp³-hybridized carbons (Fsp3) is 0.414. The molecule has 0 saturated carbocycles. The van der Waals surface area contributed by atoms with Gasteiger partial charge in [0.25, 0.3) is 5.91 Å². The fourth-order valence-electron chi connectivity index (χ4n) is 5.30.